The molecule has 0 aliphatic heterocycles. The van der Waals surface area contributed by atoms with Gasteiger partial charge in [0, 0.05) is 10.6 Å². The minimum Gasteiger partial charge on any atom is -0.321 e. The summed E-state index contributed by atoms with van der Waals surface area (Å²) >= 11 is 5.71. The summed E-state index contributed by atoms with van der Waals surface area (Å²) in [5, 5.41) is 0.349. The van der Waals surface area contributed by atoms with Crippen molar-refractivity contribution >= 4 is 11.6 Å². The lowest BCUT2D eigenvalue weighted by molar-refractivity contribution is 0.474. The smallest absolute Gasteiger partial charge is 0.127 e. The van der Waals surface area contributed by atoms with Crippen LogP contribution in [0.5, 0.6) is 0 Å². The highest BCUT2D eigenvalue weighted by Crippen LogP contribution is 2.25. The molecule has 0 radical (unpaired) electrons. The van der Waals surface area contributed by atoms with Crippen molar-refractivity contribution in [2.75, 3.05) is 0 Å². The maximum absolute atomic E-state index is 13.8. The molecule has 0 aliphatic rings. The third-order valence-electron chi connectivity index (χ3n) is 3.08. The van der Waals surface area contributed by atoms with Crippen LogP contribution in [0.2, 0.25) is 5.02 Å². The standard InChI is InChI=1S/C15H14ClF2N/c1-15(19,11-3-6-13(17)7-4-11)9-10-2-5-12(16)8-14(10)18/h2-8H,9,19H2,1H3. The van der Waals surface area contributed by atoms with Gasteiger partial charge in [0.05, 0.1) is 0 Å². The Morgan fingerprint density at radius 3 is 2.32 bits per heavy atom. The molecule has 0 bridgehead atoms. The summed E-state index contributed by atoms with van der Waals surface area (Å²) in [6.07, 6.45) is 0.307. The molecule has 0 aliphatic carbocycles. The van der Waals surface area contributed by atoms with Crippen LogP contribution in [0.25, 0.3) is 0 Å². The van der Waals surface area contributed by atoms with E-state index in [0.717, 1.165) is 5.56 Å². The van der Waals surface area contributed by atoms with Gasteiger partial charge in [-0.2, -0.15) is 0 Å². The van der Waals surface area contributed by atoms with E-state index in [1.54, 1.807) is 31.2 Å². The van der Waals surface area contributed by atoms with Crippen LogP contribution in [0.3, 0.4) is 0 Å². The SMILES string of the molecule is CC(N)(Cc1ccc(Cl)cc1F)c1ccc(F)cc1. The van der Waals surface area contributed by atoms with Gasteiger partial charge in [-0.1, -0.05) is 29.8 Å². The van der Waals surface area contributed by atoms with E-state index >= 15 is 0 Å². The third kappa shape index (κ3) is 3.31. The Morgan fingerprint density at radius 2 is 1.74 bits per heavy atom. The van der Waals surface area contributed by atoms with E-state index in [-0.39, 0.29) is 11.6 Å². The van der Waals surface area contributed by atoms with Gasteiger partial charge in [0.15, 0.2) is 0 Å². The fraction of sp³-hybridized carbons (Fsp3) is 0.200. The van der Waals surface area contributed by atoms with Gasteiger partial charge in [-0.3, -0.25) is 0 Å². The van der Waals surface area contributed by atoms with Crippen molar-refractivity contribution in [2.45, 2.75) is 18.9 Å². The largest absolute Gasteiger partial charge is 0.321 e. The molecule has 1 atom stereocenters. The monoisotopic (exact) mass is 281 g/mol. The highest BCUT2D eigenvalue weighted by atomic mass is 35.5. The molecule has 0 amide bonds. The molecule has 4 heteroatoms. The molecule has 100 valence electrons. The predicted molar refractivity (Wildman–Crippen MR) is 73.1 cm³/mol. The van der Waals surface area contributed by atoms with Gasteiger partial charge < -0.3 is 5.73 Å². The van der Waals surface area contributed by atoms with Gasteiger partial charge in [0.25, 0.3) is 0 Å². The molecule has 0 aromatic heterocycles. The average molecular weight is 282 g/mol. The minimum absolute atomic E-state index is 0.307. The summed E-state index contributed by atoms with van der Waals surface area (Å²) in [4.78, 5) is 0. The van der Waals surface area contributed by atoms with Gasteiger partial charge in [0.1, 0.15) is 11.6 Å². The predicted octanol–water partition coefficient (Wildman–Crippen LogP) is 4.03. The molecule has 2 aromatic carbocycles. The highest BCUT2D eigenvalue weighted by Gasteiger charge is 2.23. The summed E-state index contributed by atoms with van der Waals surface area (Å²) in [5.41, 5.74) is 6.67. The normalized spacial score (nSPS) is 14.2. The molecule has 2 aromatic rings. The lowest BCUT2D eigenvalue weighted by Crippen LogP contribution is -2.35. The first kappa shape index (κ1) is 14.0. The molecule has 1 nitrogen and oxygen atoms in total. The average Bonchev–Trinajstić information content (AvgIpc) is 2.33. The zero-order valence-electron chi connectivity index (χ0n) is 10.5. The van der Waals surface area contributed by atoms with E-state index in [0.29, 0.717) is 17.0 Å². The van der Waals surface area contributed by atoms with Crippen LogP contribution in [0, 0.1) is 11.6 Å². The Labute approximate surface area is 116 Å². The highest BCUT2D eigenvalue weighted by molar-refractivity contribution is 6.30. The Hall–Kier alpha value is -1.45. The van der Waals surface area contributed by atoms with Gasteiger partial charge in [-0.05, 0) is 48.7 Å². The number of hydrogen-bond acceptors (Lipinski definition) is 1. The second kappa shape index (κ2) is 5.27. The first-order valence-corrected chi connectivity index (χ1v) is 6.25. The molecule has 2 N–H and O–H groups in total. The molecule has 19 heavy (non-hydrogen) atoms. The number of halogens is 3. The number of benzene rings is 2. The zero-order valence-corrected chi connectivity index (χ0v) is 11.2. The van der Waals surface area contributed by atoms with Crippen LogP contribution in [-0.4, -0.2) is 0 Å². The Balaban J connectivity index is 2.27. The van der Waals surface area contributed by atoms with Crippen molar-refractivity contribution in [2.24, 2.45) is 5.73 Å². The van der Waals surface area contributed by atoms with Crippen molar-refractivity contribution in [3.05, 3.63) is 70.2 Å². The van der Waals surface area contributed by atoms with E-state index in [1.807, 2.05) is 0 Å². The molecule has 0 fully saturated rings. The number of rotatable bonds is 3. The Kier molecular flexibility index (Phi) is 3.88. The molecular formula is C15H14ClF2N. The van der Waals surface area contributed by atoms with Crippen molar-refractivity contribution in [1.29, 1.82) is 0 Å². The van der Waals surface area contributed by atoms with Gasteiger partial charge in [0.2, 0.25) is 0 Å². The van der Waals surface area contributed by atoms with Crippen molar-refractivity contribution in [1.82, 2.24) is 0 Å². The summed E-state index contributed by atoms with van der Waals surface area (Å²) in [6.45, 7) is 1.79. The molecule has 0 saturated carbocycles. The quantitative estimate of drug-likeness (QED) is 0.903. The van der Waals surface area contributed by atoms with E-state index in [4.69, 9.17) is 17.3 Å². The molecular weight excluding hydrogens is 268 g/mol. The third-order valence-corrected chi connectivity index (χ3v) is 3.31. The van der Waals surface area contributed by atoms with E-state index in [1.165, 1.54) is 18.2 Å². The first-order valence-electron chi connectivity index (χ1n) is 5.87. The van der Waals surface area contributed by atoms with Crippen LogP contribution in [0.15, 0.2) is 42.5 Å². The Bertz CT molecular complexity index is 579. The van der Waals surface area contributed by atoms with Crippen LogP contribution < -0.4 is 5.73 Å². The van der Waals surface area contributed by atoms with Crippen LogP contribution in [0.4, 0.5) is 8.78 Å². The lowest BCUT2D eigenvalue weighted by atomic mass is 9.86. The first-order chi connectivity index (χ1) is 8.88. The molecule has 0 spiro atoms. The molecule has 2 rings (SSSR count). The second-order valence-corrected chi connectivity index (χ2v) is 5.27. The van der Waals surface area contributed by atoms with Crippen molar-refractivity contribution in [3.63, 3.8) is 0 Å². The minimum atomic E-state index is -0.775. The topological polar surface area (TPSA) is 26.0 Å². The fourth-order valence-electron chi connectivity index (χ4n) is 1.99. The van der Waals surface area contributed by atoms with Gasteiger partial charge >= 0.3 is 0 Å². The van der Waals surface area contributed by atoms with Gasteiger partial charge in [-0.25, -0.2) is 8.78 Å². The van der Waals surface area contributed by atoms with E-state index in [9.17, 15) is 8.78 Å². The second-order valence-electron chi connectivity index (χ2n) is 4.84. The fourth-order valence-corrected chi connectivity index (χ4v) is 2.15. The van der Waals surface area contributed by atoms with Crippen LogP contribution in [-0.2, 0) is 12.0 Å². The summed E-state index contributed by atoms with van der Waals surface area (Å²) in [5.74, 6) is -0.705. The van der Waals surface area contributed by atoms with E-state index in [2.05, 4.69) is 0 Å². The Morgan fingerprint density at radius 1 is 1.11 bits per heavy atom. The molecule has 1 unspecified atom stereocenters. The maximum Gasteiger partial charge on any atom is 0.127 e. The number of nitrogens with two attached hydrogens (primary N) is 1. The van der Waals surface area contributed by atoms with Crippen molar-refractivity contribution in [3.8, 4) is 0 Å². The van der Waals surface area contributed by atoms with E-state index < -0.39 is 5.54 Å². The van der Waals surface area contributed by atoms with Crippen LogP contribution in [0.1, 0.15) is 18.1 Å². The summed E-state index contributed by atoms with van der Waals surface area (Å²) < 4.78 is 26.7. The summed E-state index contributed by atoms with van der Waals surface area (Å²) in [7, 11) is 0. The maximum atomic E-state index is 13.8. The molecule has 0 saturated heterocycles. The van der Waals surface area contributed by atoms with Crippen LogP contribution >= 0.6 is 11.6 Å². The van der Waals surface area contributed by atoms with Gasteiger partial charge in [-0.15, -0.1) is 0 Å². The van der Waals surface area contributed by atoms with Crippen molar-refractivity contribution < 1.29 is 8.78 Å². The summed E-state index contributed by atoms with van der Waals surface area (Å²) in [6, 6.07) is 10.4. The molecule has 0 heterocycles. The lowest BCUT2D eigenvalue weighted by Gasteiger charge is -2.25. The number of hydrogen-bond donors (Lipinski definition) is 1. The zero-order chi connectivity index (χ0) is 14.0.